The molecule has 0 atom stereocenters. The van der Waals surface area contributed by atoms with E-state index >= 15 is 0 Å². The summed E-state index contributed by atoms with van der Waals surface area (Å²) in [6.07, 6.45) is 0. The zero-order valence-corrected chi connectivity index (χ0v) is 15.2. The highest BCUT2D eigenvalue weighted by molar-refractivity contribution is 5.92. The van der Waals surface area contributed by atoms with E-state index in [0.717, 1.165) is 44.9 Å². The number of hydrogen-bond donors (Lipinski definition) is 0. The first kappa shape index (κ1) is 16.8. The van der Waals surface area contributed by atoms with Crippen LogP contribution in [0.3, 0.4) is 0 Å². The first-order valence-electron chi connectivity index (χ1n) is 8.61. The van der Waals surface area contributed by atoms with Crippen molar-refractivity contribution in [3.05, 3.63) is 83.9 Å². The Hall–Kier alpha value is -3.64. The maximum absolute atomic E-state index is 6.15. The third kappa shape index (κ3) is 3.26. The third-order valence-electron chi connectivity index (χ3n) is 4.37. The van der Waals surface area contributed by atoms with Gasteiger partial charge in [-0.2, -0.15) is 0 Å². The van der Waals surface area contributed by atoms with Gasteiger partial charge in [0.25, 0.3) is 0 Å². The van der Waals surface area contributed by atoms with E-state index in [-0.39, 0.29) is 0 Å². The monoisotopic (exact) mass is 354 g/mol. The van der Waals surface area contributed by atoms with E-state index in [9.17, 15) is 0 Å². The van der Waals surface area contributed by atoms with Gasteiger partial charge in [-0.3, -0.25) is 0 Å². The van der Waals surface area contributed by atoms with Crippen molar-refractivity contribution in [1.29, 1.82) is 0 Å². The van der Waals surface area contributed by atoms with Crippen molar-refractivity contribution in [2.24, 2.45) is 0 Å². The standard InChI is InChI=1S/C24H18O3/c1-25-18-14-11-17(12-15-18)13-16-20-19-7-3-6-10-23(19)27-24(20)21-8-4-5-9-22(21)26-2/h3-12,14-15H,1-2H3. The molecule has 0 bridgehead atoms. The molecule has 1 heterocycles. The Morgan fingerprint density at radius 1 is 0.741 bits per heavy atom. The topological polar surface area (TPSA) is 31.6 Å². The van der Waals surface area contributed by atoms with E-state index < -0.39 is 0 Å². The Balaban J connectivity index is 1.88. The van der Waals surface area contributed by atoms with Crippen molar-refractivity contribution in [2.75, 3.05) is 14.2 Å². The molecule has 0 fully saturated rings. The van der Waals surface area contributed by atoms with Crippen LogP contribution in [0.15, 0.2) is 77.2 Å². The molecule has 27 heavy (non-hydrogen) atoms. The van der Waals surface area contributed by atoms with Crippen molar-refractivity contribution >= 4 is 11.0 Å². The van der Waals surface area contributed by atoms with Gasteiger partial charge in [0.1, 0.15) is 17.1 Å². The van der Waals surface area contributed by atoms with E-state index in [2.05, 4.69) is 11.8 Å². The maximum Gasteiger partial charge on any atom is 0.154 e. The number of para-hydroxylation sites is 2. The highest BCUT2D eigenvalue weighted by Gasteiger charge is 2.17. The second-order valence-electron chi connectivity index (χ2n) is 5.98. The predicted octanol–water partition coefficient (Wildman–Crippen LogP) is 5.52. The summed E-state index contributed by atoms with van der Waals surface area (Å²) in [5, 5.41) is 0.986. The number of fused-ring (bicyclic) bond motifs is 1. The highest BCUT2D eigenvalue weighted by Crippen LogP contribution is 2.37. The molecular weight excluding hydrogens is 336 g/mol. The fourth-order valence-electron chi connectivity index (χ4n) is 3.00. The van der Waals surface area contributed by atoms with Gasteiger partial charge >= 0.3 is 0 Å². The molecule has 0 aliphatic carbocycles. The molecule has 3 nitrogen and oxygen atoms in total. The van der Waals surface area contributed by atoms with Crippen molar-refractivity contribution in [2.45, 2.75) is 0 Å². The number of ether oxygens (including phenoxy) is 2. The molecular formula is C24H18O3. The summed E-state index contributed by atoms with van der Waals surface area (Å²) >= 11 is 0. The molecule has 0 aliphatic rings. The summed E-state index contributed by atoms with van der Waals surface area (Å²) < 4.78 is 16.9. The second-order valence-corrected chi connectivity index (χ2v) is 5.98. The lowest BCUT2D eigenvalue weighted by atomic mass is 10.0. The van der Waals surface area contributed by atoms with Gasteiger partial charge in [-0.05, 0) is 48.5 Å². The average Bonchev–Trinajstić information content (AvgIpc) is 3.11. The Morgan fingerprint density at radius 3 is 2.26 bits per heavy atom. The van der Waals surface area contributed by atoms with Crippen LogP contribution in [0.2, 0.25) is 0 Å². The Bertz CT molecular complexity index is 1140. The van der Waals surface area contributed by atoms with Crippen LogP contribution in [-0.2, 0) is 0 Å². The Labute approximate surface area is 158 Å². The lowest BCUT2D eigenvalue weighted by Gasteiger charge is -2.05. The number of hydrogen-bond acceptors (Lipinski definition) is 3. The van der Waals surface area contributed by atoms with E-state index in [0.29, 0.717) is 0 Å². The molecule has 0 saturated heterocycles. The minimum absolute atomic E-state index is 0.717. The van der Waals surface area contributed by atoms with Crippen molar-refractivity contribution in [3.8, 4) is 34.7 Å². The molecule has 1 aromatic heterocycles. The zero-order valence-electron chi connectivity index (χ0n) is 15.2. The summed E-state index contributed by atoms with van der Waals surface area (Å²) in [6, 6.07) is 23.4. The van der Waals surface area contributed by atoms with Crippen LogP contribution in [-0.4, -0.2) is 14.2 Å². The van der Waals surface area contributed by atoms with Crippen LogP contribution in [0.25, 0.3) is 22.3 Å². The molecule has 0 aliphatic heterocycles. The van der Waals surface area contributed by atoms with E-state index in [1.165, 1.54) is 0 Å². The third-order valence-corrected chi connectivity index (χ3v) is 4.37. The maximum atomic E-state index is 6.15. The molecule has 0 N–H and O–H groups in total. The summed E-state index contributed by atoms with van der Waals surface area (Å²) in [4.78, 5) is 0. The lowest BCUT2D eigenvalue weighted by molar-refractivity contribution is 0.414. The Kier molecular flexibility index (Phi) is 4.55. The van der Waals surface area contributed by atoms with E-state index in [1.54, 1.807) is 14.2 Å². The van der Waals surface area contributed by atoms with E-state index in [4.69, 9.17) is 13.9 Å². The molecule has 3 aromatic carbocycles. The van der Waals surface area contributed by atoms with Crippen LogP contribution < -0.4 is 9.47 Å². The van der Waals surface area contributed by atoms with Crippen LogP contribution in [0.1, 0.15) is 11.1 Å². The van der Waals surface area contributed by atoms with Gasteiger partial charge in [0.2, 0.25) is 0 Å². The molecule has 0 spiro atoms. The van der Waals surface area contributed by atoms with Gasteiger partial charge in [0.15, 0.2) is 5.76 Å². The van der Waals surface area contributed by atoms with Crippen molar-refractivity contribution in [3.63, 3.8) is 0 Å². The normalized spacial score (nSPS) is 10.3. The summed E-state index contributed by atoms with van der Waals surface area (Å²) in [6.45, 7) is 0. The fourth-order valence-corrected chi connectivity index (χ4v) is 3.00. The SMILES string of the molecule is COc1ccc(C#Cc2c(-c3ccccc3OC)oc3ccccc23)cc1. The molecule has 0 radical (unpaired) electrons. The van der Waals surface area contributed by atoms with Gasteiger partial charge < -0.3 is 13.9 Å². The minimum atomic E-state index is 0.717. The van der Waals surface area contributed by atoms with Gasteiger partial charge in [-0.15, -0.1) is 0 Å². The average molecular weight is 354 g/mol. The fraction of sp³-hybridized carbons (Fsp3) is 0.0833. The molecule has 132 valence electrons. The quantitative estimate of drug-likeness (QED) is 0.454. The summed E-state index contributed by atoms with van der Waals surface area (Å²) in [7, 11) is 3.31. The molecule has 4 rings (SSSR count). The molecule has 0 amide bonds. The number of rotatable bonds is 3. The van der Waals surface area contributed by atoms with Crippen LogP contribution in [0.4, 0.5) is 0 Å². The zero-order chi connectivity index (χ0) is 18.6. The Morgan fingerprint density at radius 2 is 1.48 bits per heavy atom. The molecule has 4 aromatic rings. The smallest absolute Gasteiger partial charge is 0.154 e. The van der Waals surface area contributed by atoms with Gasteiger partial charge in [0, 0.05) is 10.9 Å². The highest BCUT2D eigenvalue weighted by atomic mass is 16.5. The largest absolute Gasteiger partial charge is 0.497 e. The first-order chi connectivity index (χ1) is 13.3. The molecule has 0 unspecified atom stereocenters. The number of benzene rings is 3. The van der Waals surface area contributed by atoms with Crippen molar-refractivity contribution < 1.29 is 13.9 Å². The summed E-state index contributed by atoms with van der Waals surface area (Å²) in [5.74, 6) is 8.81. The van der Waals surface area contributed by atoms with Gasteiger partial charge in [-0.25, -0.2) is 0 Å². The second kappa shape index (κ2) is 7.31. The van der Waals surface area contributed by atoms with Gasteiger partial charge in [-0.1, -0.05) is 36.1 Å². The minimum Gasteiger partial charge on any atom is -0.497 e. The predicted molar refractivity (Wildman–Crippen MR) is 107 cm³/mol. The van der Waals surface area contributed by atoms with Crippen LogP contribution in [0.5, 0.6) is 11.5 Å². The summed E-state index contributed by atoms with van der Waals surface area (Å²) in [5.41, 5.74) is 3.45. The van der Waals surface area contributed by atoms with Crippen LogP contribution in [0, 0.1) is 11.8 Å². The number of methoxy groups -OCH3 is 2. The van der Waals surface area contributed by atoms with Crippen molar-refractivity contribution in [1.82, 2.24) is 0 Å². The van der Waals surface area contributed by atoms with E-state index in [1.807, 2.05) is 72.8 Å². The first-order valence-corrected chi connectivity index (χ1v) is 8.61. The molecule has 0 saturated carbocycles. The lowest BCUT2D eigenvalue weighted by Crippen LogP contribution is -1.88. The number of furan rings is 1. The van der Waals surface area contributed by atoms with Crippen LogP contribution >= 0.6 is 0 Å². The molecule has 3 heteroatoms. The van der Waals surface area contributed by atoms with Gasteiger partial charge in [0.05, 0.1) is 25.3 Å².